The summed E-state index contributed by atoms with van der Waals surface area (Å²) in [7, 11) is 0. The molecule has 0 aromatic heterocycles. The lowest BCUT2D eigenvalue weighted by Gasteiger charge is -2.35. The van der Waals surface area contributed by atoms with Crippen LogP contribution in [0.2, 0.25) is 0 Å². The third-order valence-corrected chi connectivity index (χ3v) is 2.63. The highest BCUT2D eigenvalue weighted by Crippen LogP contribution is 2.17. The summed E-state index contributed by atoms with van der Waals surface area (Å²) >= 11 is 0. The molecule has 0 aromatic carbocycles. The van der Waals surface area contributed by atoms with E-state index in [4.69, 9.17) is 0 Å². The van der Waals surface area contributed by atoms with Gasteiger partial charge in [-0.05, 0) is 39.3 Å². The minimum Gasteiger partial charge on any atom is -0.351 e. The number of nitrogens with one attached hydrogen (secondary N) is 2. The first-order valence-electron chi connectivity index (χ1n) is 5.18. The normalized spacial score (nSPS) is 21.1. The highest BCUT2D eigenvalue weighted by atomic mass is 16.1. The van der Waals surface area contributed by atoms with Crippen LogP contribution in [0.15, 0.2) is 0 Å². The van der Waals surface area contributed by atoms with E-state index in [1.165, 1.54) is 0 Å². The lowest BCUT2D eigenvalue weighted by molar-refractivity contribution is -0.123. The summed E-state index contributed by atoms with van der Waals surface area (Å²) in [6.07, 6.45) is 3.67. The second kappa shape index (κ2) is 4.61. The lowest BCUT2D eigenvalue weighted by atomic mass is 9.90. The van der Waals surface area contributed by atoms with Gasteiger partial charge in [-0.2, -0.15) is 0 Å². The molecule has 0 bridgehead atoms. The van der Waals surface area contributed by atoms with Crippen molar-refractivity contribution in [3.05, 3.63) is 0 Å². The summed E-state index contributed by atoms with van der Waals surface area (Å²) in [6.45, 7) is 6.21. The van der Waals surface area contributed by atoms with Crippen LogP contribution in [0.4, 0.5) is 0 Å². The van der Waals surface area contributed by atoms with Crippen LogP contribution in [0, 0.1) is 0 Å². The van der Waals surface area contributed by atoms with Crippen molar-refractivity contribution in [2.24, 2.45) is 0 Å². The molecular weight excluding hydrogens is 164 g/mol. The largest absolute Gasteiger partial charge is 0.351 e. The van der Waals surface area contributed by atoms with E-state index >= 15 is 0 Å². The van der Waals surface area contributed by atoms with Gasteiger partial charge in [0.15, 0.2) is 0 Å². The van der Waals surface area contributed by atoms with Gasteiger partial charge >= 0.3 is 0 Å². The van der Waals surface area contributed by atoms with E-state index in [2.05, 4.69) is 17.6 Å². The van der Waals surface area contributed by atoms with E-state index in [1.54, 1.807) is 0 Å². The van der Waals surface area contributed by atoms with Crippen molar-refractivity contribution >= 4 is 5.91 Å². The zero-order valence-electron chi connectivity index (χ0n) is 8.65. The number of amides is 1. The highest BCUT2D eigenvalue weighted by Gasteiger charge is 2.27. The van der Waals surface area contributed by atoms with Crippen LogP contribution in [0.5, 0.6) is 0 Å². The molecule has 0 spiro atoms. The molecular formula is C10H20N2O. The minimum absolute atomic E-state index is 0.0392. The Bertz CT molecular complexity index is 174. The van der Waals surface area contributed by atoms with Crippen molar-refractivity contribution in [3.63, 3.8) is 0 Å². The minimum atomic E-state index is 0.0392. The van der Waals surface area contributed by atoms with Gasteiger partial charge in [-0.1, -0.05) is 6.92 Å². The van der Waals surface area contributed by atoms with E-state index in [-0.39, 0.29) is 11.4 Å². The lowest BCUT2D eigenvalue weighted by Crippen LogP contribution is -2.52. The number of hydrogen-bond donors (Lipinski definition) is 2. The average molecular weight is 184 g/mol. The Morgan fingerprint density at radius 3 is 2.62 bits per heavy atom. The van der Waals surface area contributed by atoms with Gasteiger partial charge < -0.3 is 10.6 Å². The molecule has 1 aliphatic heterocycles. The van der Waals surface area contributed by atoms with E-state index in [9.17, 15) is 4.79 Å². The van der Waals surface area contributed by atoms with E-state index in [0.29, 0.717) is 6.42 Å². The van der Waals surface area contributed by atoms with Crippen LogP contribution in [-0.2, 0) is 4.79 Å². The van der Waals surface area contributed by atoms with Gasteiger partial charge in [0.2, 0.25) is 5.91 Å². The fraction of sp³-hybridized carbons (Fsp3) is 0.900. The average Bonchev–Trinajstić information content (AvgIpc) is 2.04. The zero-order chi connectivity index (χ0) is 9.73. The van der Waals surface area contributed by atoms with Gasteiger partial charge in [0.1, 0.15) is 0 Å². The molecule has 2 N–H and O–H groups in total. The topological polar surface area (TPSA) is 41.1 Å². The summed E-state index contributed by atoms with van der Waals surface area (Å²) in [6, 6.07) is 0. The summed E-state index contributed by atoms with van der Waals surface area (Å²) in [5.74, 6) is 0.201. The van der Waals surface area contributed by atoms with Crippen LogP contribution < -0.4 is 10.6 Å². The first kappa shape index (κ1) is 10.5. The SMILES string of the molecule is CCCC(=O)NC1(C)CCNCC1. The zero-order valence-corrected chi connectivity index (χ0v) is 8.65. The maximum Gasteiger partial charge on any atom is 0.220 e. The van der Waals surface area contributed by atoms with Crippen molar-refractivity contribution < 1.29 is 4.79 Å². The molecule has 1 saturated heterocycles. The molecule has 0 saturated carbocycles. The van der Waals surface area contributed by atoms with E-state index in [1.807, 2.05) is 6.92 Å². The van der Waals surface area contributed by atoms with Crippen molar-refractivity contribution in [2.75, 3.05) is 13.1 Å². The van der Waals surface area contributed by atoms with Gasteiger partial charge in [0, 0.05) is 12.0 Å². The molecule has 1 aliphatic rings. The molecule has 0 aliphatic carbocycles. The Hall–Kier alpha value is -0.570. The molecule has 0 aromatic rings. The Morgan fingerprint density at radius 2 is 2.08 bits per heavy atom. The monoisotopic (exact) mass is 184 g/mol. The number of carbonyl (C=O) groups is 1. The molecule has 3 heteroatoms. The van der Waals surface area contributed by atoms with Gasteiger partial charge in [0.25, 0.3) is 0 Å². The Labute approximate surface area is 80.3 Å². The predicted octanol–water partition coefficient (Wildman–Crippen LogP) is 1.04. The molecule has 0 atom stereocenters. The summed E-state index contributed by atoms with van der Waals surface area (Å²) in [5, 5.41) is 6.41. The van der Waals surface area contributed by atoms with Crippen molar-refractivity contribution in [2.45, 2.75) is 45.1 Å². The summed E-state index contributed by atoms with van der Waals surface area (Å²) < 4.78 is 0. The highest BCUT2D eigenvalue weighted by molar-refractivity contribution is 5.76. The second-order valence-corrected chi connectivity index (χ2v) is 4.11. The maximum absolute atomic E-state index is 11.4. The molecule has 0 radical (unpaired) electrons. The second-order valence-electron chi connectivity index (χ2n) is 4.11. The Balaban J connectivity index is 2.36. The number of piperidine rings is 1. The van der Waals surface area contributed by atoms with Gasteiger partial charge in [0.05, 0.1) is 0 Å². The first-order valence-corrected chi connectivity index (χ1v) is 5.18. The standard InChI is InChI=1S/C10H20N2O/c1-3-4-9(13)12-10(2)5-7-11-8-6-10/h11H,3-8H2,1-2H3,(H,12,13). The summed E-state index contributed by atoms with van der Waals surface area (Å²) in [4.78, 5) is 11.4. The molecule has 1 fully saturated rings. The van der Waals surface area contributed by atoms with Crippen LogP contribution in [0.3, 0.4) is 0 Å². The molecule has 1 amide bonds. The quantitative estimate of drug-likeness (QED) is 0.688. The molecule has 13 heavy (non-hydrogen) atoms. The first-order chi connectivity index (χ1) is 6.16. The van der Waals surface area contributed by atoms with Gasteiger partial charge in [-0.15, -0.1) is 0 Å². The van der Waals surface area contributed by atoms with E-state index in [0.717, 1.165) is 32.4 Å². The predicted molar refractivity (Wildman–Crippen MR) is 53.6 cm³/mol. The smallest absolute Gasteiger partial charge is 0.220 e. The third-order valence-electron chi connectivity index (χ3n) is 2.63. The van der Waals surface area contributed by atoms with E-state index < -0.39 is 0 Å². The van der Waals surface area contributed by atoms with Crippen molar-refractivity contribution in [1.82, 2.24) is 10.6 Å². The number of rotatable bonds is 3. The molecule has 3 nitrogen and oxygen atoms in total. The third kappa shape index (κ3) is 3.35. The van der Waals surface area contributed by atoms with Crippen LogP contribution >= 0.6 is 0 Å². The summed E-state index contributed by atoms with van der Waals surface area (Å²) in [5.41, 5.74) is 0.0392. The molecule has 0 unspecified atom stereocenters. The fourth-order valence-corrected chi connectivity index (χ4v) is 1.73. The molecule has 1 rings (SSSR count). The Morgan fingerprint density at radius 1 is 1.46 bits per heavy atom. The van der Waals surface area contributed by atoms with Gasteiger partial charge in [-0.25, -0.2) is 0 Å². The maximum atomic E-state index is 11.4. The number of carbonyl (C=O) groups excluding carboxylic acids is 1. The van der Waals surface area contributed by atoms with Crippen LogP contribution in [0.25, 0.3) is 0 Å². The van der Waals surface area contributed by atoms with Crippen LogP contribution in [-0.4, -0.2) is 24.5 Å². The fourth-order valence-electron chi connectivity index (χ4n) is 1.73. The molecule has 1 heterocycles. The van der Waals surface area contributed by atoms with Crippen LogP contribution in [0.1, 0.15) is 39.5 Å². The Kier molecular flexibility index (Phi) is 3.72. The van der Waals surface area contributed by atoms with Crippen molar-refractivity contribution in [3.8, 4) is 0 Å². The molecule has 76 valence electrons. The van der Waals surface area contributed by atoms with Crippen molar-refractivity contribution in [1.29, 1.82) is 0 Å². The number of hydrogen-bond acceptors (Lipinski definition) is 2. The van der Waals surface area contributed by atoms with Gasteiger partial charge in [-0.3, -0.25) is 4.79 Å².